The first-order valence-corrected chi connectivity index (χ1v) is 5.91. The first kappa shape index (κ1) is 14.6. The van der Waals surface area contributed by atoms with E-state index in [1.807, 2.05) is 0 Å². The second-order valence-electron chi connectivity index (χ2n) is 4.65. The predicted octanol–water partition coefficient (Wildman–Crippen LogP) is 2.19. The summed E-state index contributed by atoms with van der Waals surface area (Å²) in [5, 5.41) is 19.7. The smallest absolute Gasteiger partial charge is 0.336 e. The van der Waals surface area contributed by atoms with E-state index in [2.05, 4.69) is 4.98 Å². The van der Waals surface area contributed by atoms with E-state index in [9.17, 15) is 19.4 Å². The van der Waals surface area contributed by atoms with Gasteiger partial charge in [-0.2, -0.15) is 0 Å². The largest absolute Gasteiger partial charge is 0.479 e. The molecule has 2 N–H and O–H groups in total. The number of carbonyl (C=O) groups is 1. The summed E-state index contributed by atoms with van der Waals surface area (Å²) < 4.78 is 12.8. The Bertz CT molecular complexity index is 419. The Morgan fingerprint density at radius 2 is 2.11 bits per heavy atom. The molecule has 4 nitrogen and oxygen atoms in total. The number of hydrogen-bond acceptors (Lipinski definition) is 3. The zero-order valence-electron chi connectivity index (χ0n) is 10.7. The van der Waals surface area contributed by atoms with Crippen LogP contribution in [-0.2, 0) is 4.79 Å². The summed E-state index contributed by atoms with van der Waals surface area (Å²) in [7, 11) is 0. The quantitative estimate of drug-likeness (QED) is 0.846. The zero-order chi connectivity index (χ0) is 13.9. The summed E-state index contributed by atoms with van der Waals surface area (Å²) in [5.74, 6) is -2.92. The minimum absolute atomic E-state index is 0.387. The molecule has 0 aliphatic rings. The van der Waals surface area contributed by atoms with Gasteiger partial charge in [0.05, 0.1) is 6.20 Å². The monoisotopic (exact) mass is 255 g/mol. The van der Waals surface area contributed by atoms with E-state index in [0.29, 0.717) is 12.1 Å². The van der Waals surface area contributed by atoms with Crippen LogP contribution in [0.4, 0.5) is 4.39 Å². The van der Waals surface area contributed by atoms with Gasteiger partial charge in [0.15, 0.2) is 5.60 Å². The highest BCUT2D eigenvalue weighted by atomic mass is 19.1. The molecule has 0 aliphatic heterocycles. The van der Waals surface area contributed by atoms with Gasteiger partial charge in [-0.25, -0.2) is 9.18 Å². The molecule has 0 fully saturated rings. The third-order valence-corrected chi connectivity index (χ3v) is 3.27. The molecule has 1 heterocycles. The highest BCUT2D eigenvalue weighted by molar-refractivity contribution is 5.79. The predicted molar refractivity (Wildman–Crippen MR) is 64.7 cm³/mol. The summed E-state index contributed by atoms with van der Waals surface area (Å²) in [4.78, 5) is 15.2. The first-order valence-electron chi connectivity index (χ1n) is 5.91. The Kier molecular flexibility index (Phi) is 4.40. The van der Waals surface area contributed by atoms with Gasteiger partial charge < -0.3 is 10.2 Å². The Balaban J connectivity index is 3.22. The topological polar surface area (TPSA) is 70.4 Å². The highest BCUT2D eigenvalue weighted by Crippen LogP contribution is 2.36. The van der Waals surface area contributed by atoms with Crippen LogP contribution in [-0.4, -0.2) is 26.8 Å². The highest BCUT2D eigenvalue weighted by Gasteiger charge is 2.47. The minimum atomic E-state index is -1.90. The summed E-state index contributed by atoms with van der Waals surface area (Å²) in [6.07, 6.45) is 1.43. The fraction of sp³-hybridized carbons (Fsp3) is 0.538. The maximum absolute atomic E-state index is 12.8. The zero-order valence-corrected chi connectivity index (χ0v) is 10.7. The van der Waals surface area contributed by atoms with Gasteiger partial charge in [0.2, 0.25) is 0 Å². The number of hydrogen-bond donors (Lipinski definition) is 2. The number of pyridine rings is 1. The van der Waals surface area contributed by atoms with Crippen LogP contribution in [0.3, 0.4) is 0 Å². The van der Waals surface area contributed by atoms with Crippen LogP contribution in [0.1, 0.15) is 38.8 Å². The van der Waals surface area contributed by atoms with Crippen molar-refractivity contribution in [3.05, 3.63) is 29.8 Å². The second kappa shape index (κ2) is 5.44. The SMILES string of the molecule is CCC(c1ccc(F)cn1)C(O)(C(=O)O)C(C)C. The molecule has 0 spiro atoms. The molecule has 100 valence electrons. The van der Waals surface area contributed by atoms with Gasteiger partial charge in [-0.3, -0.25) is 4.98 Å². The summed E-state index contributed by atoms with van der Waals surface area (Å²) in [6.45, 7) is 5.05. The van der Waals surface area contributed by atoms with Gasteiger partial charge in [0.1, 0.15) is 5.82 Å². The van der Waals surface area contributed by atoms with E-state index in [1.54, 1.807) is 20.8 Å². The van der Waals surface area contributed by atoms with Crippen molar-refractivity contribution in [3.8, 4) is 0 Å². The lowest BCUT2D eigenvalue weighted by Gasteiger charge is -2.34. The number of aliphatic carboxylic acids is 1. The van der Waals surface area contributed by atoms with Gasteiger partial charge in [0.25, 0.3) is 0 Å². The van der Waals surface area contributed by atoms with Gasteiger partial charge in [-0.1, -0.05) is 20.8 Å². The molecule has 1 aromatic heterocycles. The van der Waals surface area contributed by atoms with Crippen LogP contribution in [0.5, 0.6) is 0 Å². The first-order chi connectivity index (χ1) is 8.33. The molecule has 0 aliphatic carbocycles. The lowest BCUT2D eigenvalue weighted by Crippen LogP contribution is -2.49. The lowest BCUT2D eigenvalue weighted by molar-refractivity contribution is -0.167. The molecule has 0 saturated heterocycles. The molecule has 1 aromatic rings. The van der Waals surface area contributed by atoms with E-state index in [4.69, 9.17) is 0 Å². The fourth-order valence-electron chi connectivity index (χ4n) is 2.14. The number of nitrogens with zero attached hydrogens (tertiary/aromatic N) is 1. The van der Waals surface area contributed by atoms with E-state index >= 15 is 0 Å². The molecule has 5 heteroatoms. The van der Waals surface area contributed by atoms with Crippen LogP contribution in [0.15, 0.2) is 18.3 Å². The van der Waals surface area contributed by atoms with Crippen molar-refractivity contribution in [2.75, 3.05) is 0 Å². The molecule has 1 rings (SSSR count). The molecular weight excluding hydrogens is 237 g/mol. The molecule has 0 aromatic carbocycles. The van der Waals surface area contributed by atoms with Gasteiger partial charge >= 0.3 is 5.97 Å². The van der Waals surface area contributed by atoms with Gasteiger partial charge in [-0.05, 0) is 24.5 Å². The Labute approximate surface area is 105 Å². The van der Waals surface area contributed by atoms with E-state index in [0.717, 1.165) is 6.20 Å². The van der Waals surface area contributed by atoms with E-state index in [-0.39, 0.29) is 0 Å². The van der Waals surface area contributed by atoms with Crippen molar-refractivity contribution in [2.24, 2.45) is 5.92 Å². The van der Waals surface area contributed by atoms with Crippen molar-refractivity contribution in [2.45, 2.75) is 38.7 Å². The lowest BCUT2D eigenvalue weighted by atomic mass is 9.75. The van der Waals surface area contributed by atoms with Crippen molar-refractivity contribution >= 4 is 5.97 Å². The second-order valence-corrected chi connectivity index (χ2v) is 4.65. The normalized spacial score (nSPS) is 16.3. The molecule has 0 radical (unpaired) electrons. The molecule has 0 bridgehead atoms. The average Bonchev–Trinajstić information content (AvgIpc) is 2.31. The van der Waals surface area contributed by atoms with Crippen molar-refractivity contribution in [3.63, 3.8) is 0 Å². The number of rotatable bonds is 5. The number of carboxylic acids is 1. The maximum atomic E-state index is 12.8. The minimum Gasteiger partial charge on any atom is -0.479 e. The molecular formula is C13H18FNO3. The maximum Gasteiger partial charge on any atom is 0.336 e. The van der Waals surface area contributed by atoms with Crippen LogP contribution >= 0.6 is 0 Å². The van der Waals surface area contributed by atoms with Gasteiger partial charge in [-0.15, -0.1) is 0 Å². The van der Waals surface area contributed by atoms with Crippen molar-refractivity contribution < 1.29 is 19.4 Å². The summed E-state index contributed by atoms with van der Waals surface area (Å²) >= 11 is 0. The number of aromatic nitrogens is 1. The number of aliphatic hydroxyl groups is 1. The fourth-order valence-corrected chi connectivity index (χ4v) is 2.14. The van der Waals surface area contributed by atoms with Crippen LogP contribution in [0, 0.1) is 11.7 Å². The standard InChI is InChI=1S/C13H18FNO3/c1-4-10(11-6-5-9(14)7-15-11)13(18,8(2)3)12(16)17/h5-8,10,18H,4H2,1-3H3,(H,16,17). The molecule has 2 atom stereocenters. The molecule has 18 heavy (non-hydrogen) atoms. The summed E-state index contributed by atoms with van der Waals surface area (Å²) in [6, 6.07) is 2.63. The average molecular weight is 255 g/mol. The molecule has 0 amide bonds. The Morgan fingerprint density at radius 3 is 2.44 bits per heavy atom. The third kappa shape index (κ3) is 2.51. The van der Waals surface area contributed by atoms with Crippen LogP contribution < -0.4 is 0 Å². The number of carboxylic acid groups (broad SMARTS) is 1. The number of halogens is 1. The van der Waals surface area contributed by atoms with Crippen molar-refractivity contribution in [1.29, 1.82) is 0 Å². The van der Waals surface area contributed by atoms with Crippen molar-refractivity contribution in [1.82, 2.24) is 4.98 Å². The van der Waals surface area contributed by atoms with Gasteiger partial charge in [0, 0.05) is 11.6 Å². The molecule has 0 saturated carbocycles. The third-order valence-electron chi connectivity index (χ3n) is 3.27. The Morgan fingerprint density at radius 1 is 1.50 bits per heavy atom. The van der Waals surface area contributed by atoms with Crippen LogP contribution in [0.2, 0.25) is 0 Å². The van der Waals surface area contributed by atoms with Crippen LogP contribution in [0.25, 0.3) is 0 Å². The Hall–Kier alpha value is -1.49. The van der Waals surface area contributed by atoms with E-state index in [1.165, 1.54) is 12.1 Å². The molecule has 2 unspecified atom stereocenters. The summed E-state index contributed by atoms with van der Waals surface area (Å²) in [5.41, 5.74) is -1.52. The van der Waals surface area contributed by atoms with E-state index < -0.39 is 29.2 Å².